The number of carbonyl (C=O) groups excluding carboxylic acids is 1. The van der Waals surface area contributed by atoms with Gasteiger partial charge in [0.05, 0.1) is 34.2 Å². The van der Waals surface area contributed by atoms with Gasteiger partial charge >= 0.3 is 0 Å². The molecule has 224 valence electrons. The van der Waals surface area contributed by atoms with Crippen molar-refractivity contribution in [2.45, 2.75) is 76.8 Å². The van der Waals surface area contributed by atoms with E-state index in [1.54, 1.807) is 0 Å². The van der Waals surface area contributed by atoms with Crippen LogP contribution in [-0.2, 0) is 6.42 Å². The average molecular weight is 585 g/mol. The number of Topliss-reactive ketones (excluding diaryl/α,β-unsaturated/α-hetero) is 1. The fourth-order valence-electron chi connectivity index (χ4n) is 8.56. The smallest absolute Gasteiger partial charge is 0.170 e. The van der Waals surface area contributed by atoms with E-state index in [-0.39, 0.29) is 5.41 Å². The Hall–Kier alpha value is -3.81. The van der Waals surface area contributed by atoms with Crippen molar-refractivity contribution in [3.8, 4) is 22.3 Å². The molecule has 0 amide bonds. The summed E-state index contributed by atoms with van der Waals surface area (Å²) in [6, 6.07) is 18.1. The molecule has 7 heteroatoms. The summed E-state index contributed by atoms with van der Waals surface area (Å²) >= 11 is 0. The molecule has 5 aromatic rings. The Bertz CT molecular complexity index is 1910. The zero-order valence-corrected chi connectivity index (χ0v) is 25.4. The van der Waals surface area contributed by atoms with Gasteiger partial charge in [-0.25, -0.2) is 9.97 Å². The SMILES string of the molecule is CC1CCC2(CC1)Cc1c(-c3ccc4nc([C@@H]5CCCN5)[nH]c4c3)ccc(-c3ccc4nc([C@@H]5CCCN5)[nH]c4c3)c1C2=O. The van der Waals surface area contributed by atoms with Crippen molar-refractivity contribution in [1.82, 2.24) is 30.6 Å². The van der Waals surface area contributed by atoms with E-state index >= 15 is 0 Å². The number of nitrogens with zero attached hydrogens (tertiary/aromatic N) is 2. The highest BCUT2D eigenvalue weighted by Gasteiger charge is 2.48. The van der Waals surface area contributed by atoms with Gasteiger partial charge in [-0.1, -0.05) is 31.2 Å². The van der Waals surface area contributed by atoms with Gasteiger partial charge in [-0.05, 0) is 129 Å². The Morgan fingerprint density at radius 2 is 1.30 bits per heavy atom. The standard InChI is InChI=1S/C37H40N6O/c1-21-12-14-37(15-13-21)20-26-24(22-6-10-27-31(18-22)42-35(40-27)29-4-2-16-38-29)8-9-25(33(26)34(37)44)23-7-11-28-32(19-23)43-36(41-28)30-5-3-17-39-30/h6-11,18-19,21,29-30,38-39H,2-5,12-17,20H2,1H3,(H,40,42)(H,41,43)/t21?,29-,30-,37?/m0/s1. The summed E-state index contributed by atoms with van der Waals surface area (Å²) in [6.07, 6.45) is 9.64. The molecule has 0 bridgehead atoms. The van der Waals surface area contributed by atoms with Crippen molar-refractivity contribution >= 4 is 27.9 Å². The molecule has 2 aliphatic heterocycles. The number of hydrogen-bond acceptors (Lipinski definition) is 5. The predicted molar refractivity (Wildman–Crippen MR) is 175 cm³/mol. The summed E-state index contributed by atoms with van der Waals surface area (Å²) in [5.74, 6) is 3.09. The molecule has 2 aliphatic carbocycles. The molecule has 2 aromatic heterocycles. The summed E-state index contributed by atoms with van der Waals surface area (Å²) in [4.78, 5) is 31.6. The van der Waals surface area contributed by atoms with Gasteiger partial charge in [-0.3, -0.25) is 4.79 Å². The van der Waals surface area contributed by atoms with Crippen LogP contribution in [0.4, 0.5) is 0 Å². The molecular formula is C37H40N6O. The van der Waals surface area contributed by atoms with Gasteiger partial charge in [-0.15, -0.1) is 0 Å². The summed E-state index contributed by atoms with van der Waals surface area (Å²) in [5.41, 5.74) is 10.4. The zero-order valence-electron chi connectivity index (χ0n) is 25.4. The fraction of sp³-hybridized carbons (Fsp3) is 0.432. The van der Waals surface area contributed by atoms with E-state index in [4.69, 9.17) is 9.97 Å². The highest BCUT2D eigenvalue weighted by Crippen LogP contribution is 2.53. The monoisotopic (exact) mass is 584 g/mol. The van der Waals surface area contributed by atoms with E-state index in [2.05, 4.69) is 76.1 Å². The van der Waals surface area contributed by atoms with Gasteiger partial charge in [-0.2, -0.15) is 0 Å². The first-order valence-corrected chi connectivity index (χ1v) is 16.7. The first-order valence-electron chi connectivity index (χ1n) is 16.7. The first-order chi connectivity index (χ1) is 21.5. The molecule has 44 heavy (non-hydrogen) atoms. The lowest BCUT2D eigenvalue weighted by atomic mass is 9.68. The van der Waals surface area contributed by atoms with Crippen molar-refractivity contribution in [2.24, 2.45) is 11.3 Å². The van der Waals surface area contributed by atoms with Gasteiger partial charge in [0, 0.05) is 11.0 Å². The molecule has 4 N–H and O–H groups in total. The number of carbonyl (C=O) groups is 1. The molecule has 1 spiro atoms. The minimum absolute atomic E-state index is 0.279. The molecule has 3 fully saturated rings. The molecule has 0 radical (unpaired) electrons. The van der Waals surface area contributed by atoms with Crippen LogP contribution in [0.25, 0.3) is 44.3 Å². The number of hydrogen-bond donors (Lipinski definition) is 4. The Labute approximate surface area is 257 Å². The highest BCUT2D eigenvalue weighted by atomic mass is 16.1. The van der Waals surface area contributed by atoms with Crippen LogP contribution in [0.5, 0.6) is 0 Å². The van der Waals surface area contributed by atoms with Crippen LogP contribution < -0.4 is 10.6 Å². The molecule has 4 heterocycles. The molecule has 2 atom stereocenters. The van der Waals surface area contributed by atoms with E-state index in [9.17, 15) is 4.79 Å². The number of nitrogens with one attached hydrogen (secondary N) is 4. The maximum atomic E-state index is 14.6. The second-order valence-corrected chi connectivity index (χ2v) is 14.0. The number of ketones is 1. The van der Waals surface area contributed by atoms with E-state index in [0.29, 0.717) is 23.8 Å². The summed E-state index contributed by atoms with van der Waals surface area (Å²) in [5, 5.41) is 7.12. The van der Waals surface area contributed by atoms with E-state index in [1.165, 1.54) is 24.0 Å². The quantitative estimate of drug-likeness (QED) is 0.175. The Balaban J connectivity index is 1.15. The molecule has 3 aromatic carbocycles. The Morgan fingerprint density at radius 3 is 1.86 bits per heavy atom. The topological polar surface area (TPSA) is 98.5 Å². The largest absolute Gasteiger partial charge is 0.341 e. The van der Waals surface area contributed by atoms with Crippen molar-refractivity contribution < 1.29 is 4.79 Å². The van der Waals surface area contributed by atoms with E-state index in [1.807, 2.05) is 0 Å². The van der Waals surface area contributed by atoms with Gasteiger partial charge in [0.1, 0.15) is 11.6 Å². The summed E-state index contributed by atoms with van der Waals surface area (Å²) < 4.78 is 0. The number of fused-ring (bicyclic) bond motifs is 3. The second kappa shape index (κ2) is 10.1. The number of aromatic nitrogens is 4. The van der Waals surface area contributed by atoms with E-state index < -0.39 is 0 Å². The number of aromatic amines is 2. The Morgan fingerprint density at radius 1 is 0.727 bits per heavy atom. The molecule has 4 aliphatic rings. The minimum atomic E-state index is -0.279. The zero-order chi connectivity index (χ0) is 29.4. The third-order valence-corrected chi connectivity index (χ3v) is 11.2. The van der Waals surface area contributed by atoms with Crippen LogP contribution in [0.15, 0.2) is 48.5 Å². The van der Waals surface area contributed by atoms with Crippen LogP contribution in [-0.4, -0.2) is 38.8 Å². The molecular weight excluding hydrogens is 544 g/mol. The summed E-state index contributed by atoms with van der Waals surface area (Å²) in [7, 11) is 0. The lowest BCUT2D eigenvalue weighted by Crippen LogP contribution is -2.32. The van der Waals surface area contributed by atoms with Crippen LogP contribution in [0.2, 0.25) is 0 Å². The van der Waals surface area contributed by atoms with Crippen LogP contribution in [0, 0.1) is 11.3 Å². The number of benzene rings is 3. The van der Waals surface area contributed by atoms with Crippen LogP contribution in [0.1, 0.15) is 97.9 Å². The maximum Gasteiger partial charge on any atom is 0.170 e. The Kier molecular flexibility index (Phi) is 6.11. The van der Waals surface area contributed by atoms with Crippen molar-refractivity contribution in [2.75, 3.05) is 13.1 Å². The van der Waals surface area contributed by atoms with Gasteiger partial charge in [0.15, 0.2) is 5.78 Å². The summed E-state index contributed by atoms with van der Waals surface area (Å²) in [6.45, 7) is 4.42. The third kappa shape index (κ3) is 4.20. The highest BCUT2D eigenvalue weighted by molar-refractivity contribution is 6.12. The lowest BCUT2D eigenvalue weighted by molar-refractivity contribution is 0.0714. The van der Waals surface area contributed by atoms with Crippen molar-refractivity contribution in [3.63, 3.8) is 0 Å². The minimum Gasteiger partial charge on any atom is -0.341 e. The van der Waals surface area contributed by atoms with Gasteiger partial charge in [0.25, 0.3) is 0 Å². The molecule has 1 saturated carbocycles. The van der Waals surface area contributed by atoms with Crippen molar-refractivity contribution in [3.05, 3.63) is 71.3 Å². The predicted octanol–water partition coefficient (Wildman–Crippen LogP) is 7.56. The fourth-order valence-corrected chi connectivity index (χ4v) is 8.56. The van der Waals surface area contributed by atoms with Gasteiger partial charge in [0.2, 0.25) is 0 Å². The first kappa shape index (κ1) is 26.6. The third-order valence-electron chi connectivity index (χ3n) is 11.2. The lowest BCUT2D eigenvalue weighted by Gasteiger charge is -2.34. The van der Waals surface area contributed by atoms with Crippen molar-refractivity contribution in [1.29, 1.82) is 0 Å². The molecule has 0 unspecified atom stereocenters. The normalized spacial score (nSPS) is 26.8. The number of imidazole rings is 2. The number of rotatable bonds is 4. The molecule has 9 rings (SSSR count). The van der Waals surface area contributed by atoms with Gasteiger partial charge < -0.3 is 20.6 Å². The molecule has 2 saturated heterocycles. The average Bonchev–Trinajstić information content (AvgIpc) is 3.88. The number of H-pyrrole nitrogens is 2. The molecule has 7 nitrogen and oxygen atoms in total. The maximum absolute atomic E-state index is 14.6. The van der Waals surface area contributed by atoms with Crippen LogP contribution >= 0.6 is 0 Å². The van der Waals surface area contributed by atoms with Crippen LogP contribution in [0.3, 0.4) is 0 Å². The van der Waals surface area contributed by atoms with E-state index in [0.717, 1.165) is 114 Å². The second-order valence-electron chi connectivity index (χ2n) is 14.0.